The van der Waals surface area contributed by atoms with Crippen LogP contribution >= 0.6 is 0 Å². The van der Waals surface area contributed by atoms with Crippen molar-refractivity contribution in [2.45, 2.75) is 112 Å². The Kier molecular flexibility index (Phi) is 13.8. The molecule has 1 aliphatic heterocycles. The van der Waals surface area contributed by atoms with Gasteiger partial charge in [-0.1, -0.05) is 33.3 Å². The molecule has 0 saturated carbocycles. The Balaban J connectivity index is 0.00000436. The monoisotopic (exact) mass is 440 g/mol. The van der Waals surface area contributed by atoms with E-state index in [0.717, 1.165) is 65.2 Å². The molecule has 0 unspecified atom stereocenters. The highest BCUT2D eigenvalue weighted by molar-refractivity contribution is 4.89. The van der Waals surface area contributed by atoms with Crippen molar-refractivity contribution in [3.05, 3.63) is 12.2 Å². The fourth-order valence-corrected chi connectivity index (χ4v) is 4.08. The zero-order valence-electron chi connectivity index (χ0n) is 23.1. The van der Waals surface area contributed by atoms with E-state index in [-0.39, 0.29) is 16.7 Å². The lowest BCUT2D eigenvalue weighted by Gasteiger charge is -2.45. The van der Waals surface area contributed by atoms with E-state index in [0.29, 0.717) is 5.92 Å². The van der Waals surface area contributed by atoms with Crippen LogP contribution in [0.25, 0.3) is 0 Å². The molecule has 0 aliphatic carbocycles. The van der Waals surface area contributed by atoms with Crippen molar-refractivity contribution in [1.29, 1.82) is 0 Å². The second kappa shape index (κ2) is 14.0. The first-order chi connectivity index (χ1) is 14.2. The Hall–Kier alpha value is -0.420. The van der Waals surface area contributed by atoms with Crippen molar-refractivity contribution in [2.75, 3.05) is 45.9 Å². The molecular weight excluding hydrogens is 384 g/mol. The summed E-state index contributed by atoms with van der Waals surface area (Å²) < 4.78 is 12.4. The van der Waals surface area contributed by atoms with Crippen molar-refractivity contribution in [3.8, 4) is 0 Å². The fraction of sp³-hybridized carbons (Fsp3) is 0.926. The van der Waals surface area contributed by atoms with Gasteiger partial charge in [0.05, 0.1) is 24.4 Å². The molecule has 0 atom stereocenters. The van der Waals surface area contributed by atoms with E-state index >= 15 is 0 Å². The van der Waals surface area contributed by atoms with E-state index in [9.17, 15) is 0 Å². The van der Waals surface area contributed by atoms with Crippen LogP contribution in [0.4, 0.5) is 0 Å². The molecule has 1 fully saturated rings. The lowest BCUT2D eigenvalue weighted by Crippen LogP contribution is -2.57. The van der Waals surface area contributed by atoms with Crippen LogP contribution in [0, 0.1) is 5.92 Å². The molecule has 1 saturated heterocycles. The lowest BCUT2D eigenvalue weighted by molar-refractivity contribution is -0.0877. The summed E-state index contributed by atoms with van der Waals surface area (Å²) in [7, 11) is 0. The second-order valence-corrected chi connectivity index (χ2v) is 11.4. The maximum absolute atomic E-state index is 6.35. The van der Waals surface area contributed by atoms with Gasteiger partial charge in [0.15, 0.2) is 0 Å². The number of rotatable bonds is 13. The minimum Gasteiger partial charge on any atom is -0.375 e. The molecule has 0 spiro atoms. The summed E-state index contributed by atoms with van der Waals surface area (Å²) in [5.74, 6) is 0.658. The van der Waals surface area contributed by atoms with Gasteiger partial charge in [0.25, 0.3) is 0 Å². The lowest BCUT2D eigenvalue weighted by atomic mass is 9.95. The molecule has 0 aromatic carbocycles. The predicted molar refractivity (Wildman–Crippen MR) is 137 cm³/mol. The van der Waals surface area contributed by atoms with Gasteiger partial charge in [0.1, 0.15) is 0 Å². The summed E-state index contributed by atoms with van der Waals surface area (Å²) in [5.41, 5.74) is 1.15. The van der Waals surface area contributed by atoms with Crippen LogP contribution in [0.15, 0.2) is 12.2 Å². The number of hydrogen-bond donors (Lipinski definition) is 0. The van der Waals surface area contributed by atoms with Gasteiger partial charge in [-0.25, -0.2) is 0 Å². The highest BCUT2D eigenvalue weighted by Crippen LogP contribution is 2.25. The molecule has 1 aliphatic rings. The average molecular weight is 441 g/mol. The molecule has 186 valence electrons. The van der Waals surface area contributed by atoms with Crippen LogP contribution in [0.3, 0.4) is 0 Å². The highest BCUT2D eigenvalue weighted by atomic mass is 16.5. The first-order valence-electron chi connectivity index (χ1n) is 12.6. The van der Waals surface area contributed by atoms with E-state index < -0.39 is 0 Å². The molecule has 0 N–H and O–H groups in total. The quantitative estimate of drug-likeness (QED) is 0.309. The Morgan fingerprint density at radius 2 is 1.45 bits per heavy atom. The van der Waals surface area contributed by atoms with Crippen molar-refractivity contribution in [1.82, 2.24) is 9.80 Å². The fourth-order valence-electron chi connectivity index (χ4n) is 4.08. The largest absolute Gasteiger partial charge is 0.375 e. The third-order valence-corrected chi connectivity index (χ3v) is 6.00. The summed E-state index contributed by atoms with van der Waals surface area (Å²) in [5, 5.41) is 0. The molecule has 0 aromatic heterocycles. The van der Waals surface area contributed by atoms with Gasteiger partial charge in [-0.05, 0) is 73.6 Å². The van der Waals surface area contributed by atoms with Gasteiger partial charge >= 0.3 is 0 Å². The molecule has 0 aromatic rings. The SMILES string of the molecule is C=C(C)CCOC(C)(C)CCN1CCN(C(C)(C)COC(C)(C)CC(C)C)CC1.CC. The summed E-state index contributed by atoms with van der Waals surface area (Å²) in [6, 6.07) is 0. The molecule has 4 heteroatoms. The van der Waals surface area contributed by atoms with Crippen molar-refractivity contribution in [3.63, 3.8) is 0 Å². The Morgan fingerprint density at radius 1 is 0.903 bits per heavy atom. The standard InChI is InChI=1S/C25H50N2O2.C2H6/c1-21(2)11-18-28-24(7,8)12-13-26-14-16-27(17-15-26)23(5,6)20-29-25(9,10)19-22(3)4;1-2/h22H,1,11-20H2,2-10H3;1-2H3. The molecule has 0 radical (unpaired) electrons. The summed E-state index contributed by atoms with van der Waals surface area (Å²) in [6.07, 6.45) is 3.12. The number of hydrogen-bond acceptors (Lipinski definition) is 4. The Labute approximate surface area is 195 Å². The molecule has 0 amide bonds. The van der Waals surface area contributed by atoms with E-state index in [2.05, 4.69) is 78.7 Å². The van der Waals surface area contributed by atoms with Crippen LogP contribution in [0.1, 0.15) is 95.4 Å². The van der Waals surface area contributed by atoms with E-state index in [1.54, 1.807) is 0 Å². The number of ether oxygens (including phenoxy) is 2. The molecule has 1 heterocycles. The molecule has 4 nitrogen and oxygen atoms in total. The topological polar surface area (TPSA) is 24.9 Å². The molecule has 1 rings (SSSR count). The van der Waals surface area contributed by atoms with Gasteiger partial charge < -0.3 is 14.4 Å². The van der Waals surface area contributed by atoms with Gasteiger partial charge in [0.2, 0.25) is 0 Å². The maximum atomic E-state index is 6.35. The molecule has 0 bridgehead atoms. The van der Waals surface area contributed by atoms with Gasteiger partial charge in [-0.2, -0.15) is 0 Å². The highest BCUT2D eigenvalue weighted by Gasteiger charge is 2.33. The number of nitrogens with zero attached hydrogens (tertiary/aromatic N) is 2. The minimum absolute atomic E-state index is 0.0526. The van der Waals surface area contributed by atoms with Crippen molar-refractivity contribution < 1.29 is 9.47 Å². The van der Waals surface area contributed by atoms with Crippen LogP contribution in [0.2, 0.25) is 0 Å². The third-order valence-electron chi connectivity index (χ3n) is 6.00. The van der Waals surface area contributed by atoms with Crippen molar-refractivity contribution in [2.24, 2.45) is 5.92 Å². The van der Waals surface area contributed by atoms with Crippen LogP contribution in [0.5, 0.6) is 0 Å². The smallest absolute Gasteiger partial charge is 0.0652 e. The summed E-state index contributed by atoms with van der Waals surface area (Å²) in [4.78, 5) is 5.18. The van der Waals surface area contributed by atoms with E-state index in [1.807, 2.05) is 13.8 Å². The zero-order valence-corrected chi connectivity index (χ0v) is 23.1. The minimum atomic E-state index is -0.0678. The predicted octanol–water partition coefficient (Wildman–Crippen LogP) is 6.40. The molecule has 31 heavy (non-hydrogen) atoms. The number of piperazine rings is 1. The van der Waals surface area contributed by atoms with Gasteiger partial charge in [-0.15, -0.1) is 6.58 Å². The Morgan fingerprint density at radius 3 is 1.94 bits per heavy atom. The first-order valence-corrected chi connectivity index (χ1v) is 12.6. The molecular formula is C27H56N2O2. The summed E-state index contributed by atoms with van der Waals surface area (Å²) in [6.45, 7) is 35.2. The van der Waals surface area contributed by atoms with Crippen LogP contribution in [-0.2, 0) is 9.47 Å². The van der Waals surface area contributed by atoms with Gasteiger partial charge in [0, 0.05) is 38.3 Å². The van der Waals surface area contributed by atoms with E-state index in [1.165, 1.54) is 5.57 Å². The summed E-state index contributed by atoms with van der Waals surface area (Å²) >= 11 is 0. The first kappa shape index (κ1) is 30.6. The average Bonchev–Trinajstić information content (AvgIpc) is 2.66. The second-order valence-electron chi connectivity index (χ2n) is 11.4. The Bertz CT molecular complexity index is 489. The van der Waals surface area contributed by atoms with Crippen LogP contribution in [-0.4, -0.2) is 72.5 Å². The van der Waals surface area contributed by atoms with Gasteiger partial charge in [-0.3, -0.25) is 4.90 Å². The normalized spacial score (nSPS) is 16.9. The maximum Gasteiger partial charge on any atom is 0.0652 e. The third kappa shape index (κ3) is 13.7. The zero-order chi connectivity index (χ0) is 24.3. The van der Waals surface area contributed by atoms with E-state index in [4.69, 9.17) is 9.47 Å². The van der Waals surface area contributed by atoms with Crippen molar-refractivity contribution >= 4 is 0 Å². The van der Waals surface area contributed by atoms with Crippen LogP contribution < -0.4 is 0 Å².